The van der Waals surface area contributed by atoms with Gasteiger partial charge in [-0.05, 0) is 0 Å². The van der Waals surface area contributed by atoms with Crippen LogP contribution in [-0.2, 0) is 0 Å². The fourth-order valence-electron chi connectivity index (χ4n) is 9.17. The van der Waals surface area contributed by atoms with E-state index in [0.717, 1.165) is 0 Å². The minimum absolute atomic E-state index is 0.111. The molecule has 0 N–H and O–H groups in total. The zero-order chi connectivity index (χ0) is 31.5. The van der Waals surface area contributed by atoms with Crippen LogP contribution in [0.4, 0.5) is 45.5 Å². The van der Waals surface area contributed by atoms with Gasteiger partial charge in [0.15, 0.2) is 0 Å². The second-order valence-corrected chi connectivity index (χ2v) is 18.5. The van der Waals surface area contributed by atoms with E-state index >= 15 is 0 Å². The molecule has 0 spiro atoms. The number of nitrogens with zero attached hydrogens (tertiary/aromatic N) is 4. The summed E-state index contributed by atoms with van der Waals surface area (Å²) in [6, 6.07) is 50.3. The van der Waals surface area contributed by atoms with Gasteiger partial charge in [0.1, 0.15) is 0 Å². The Morgan fingerprint density at radius 2 is 0.755 bits per heavy atom. The minimum atomic E-state index is -0.814. The molecule has 0 amide bonds. The molecule has 0 atom stereocenters. The van der Waals surface area contributed by atoms with E-state index in [4.69, 9.17) is 0 Å². The molecule has 1 aromatic heterocycles. The van der Waals surface area contributed by atoms with Gasteiger partial charge in [-0.15, -0.1) is 0 Å². The maximum absolute atomic E-state index is 2.70. The van der Waals surface area contributed by atoms with Gasteiger partial charge in [-0.3, -0.25) is 0 Å². The number of fused-ring (bicyclic) bond motifs is 21. The van der Waals surface area contributed by atoms with Crippen molar-refractivity contribution in [2.45, 2.75) is 19.6 Å². The summed E-state index contributed by atoms with van der Waals surface area (Å²) in [5.74, 6) is 0. The van der Waals surface area contributed by atoms with Crippen molar-refractivity contribution in [2.75, 3.05) is 19.2 Å². The second-order valence-electron chi connectivity index (χ2n) is 13.2. The number of benzene rings is 6. The molecule has 0 saturated carbocycles. The van der Waals surface area contributed by atoms with Gasteiger partial charge in [-0.2, -0.15) is 0 Å². The Balaban J connectivity index is 1.15. The van der Waals surface area contributed by atoms with E-state index in [-0.39, 0.29) is 14.0 Å². The van der Waals surface area contributed by atoms with Crippen molar-refractivity contribution in [3.63, 3.8) is 0 Å². The number of rotatable bonds is 0. The Morgan fingerprint density at radius 1 is 0.367 bits per heavy atom. The normalized spacial score (nSPS) is 15.8. The van der Waals surface area contributed by atoms with Crippen LogP contribution >= 0.6 is 23.5 Å². The van der Waals surface area contributed by atoms with Crippen LogP contribution in [0.2, 0.25) is 0 Å². The molecule has 13 rings (SSSR count). The third-order valence-corrected chi connectivity index (χ3v) is 16.8. The number of para-hydroxylation sites is 6. The zero-order valence-corrected chi connectivity index (χ0v) is 29.8. The van der Waals surface area contributed by atoms with E-state index in [1.165, 1.54) is 87.3 Å². The fourth-order valence-corrected chi connectivity index (χ4v) is 15.6. The average molecular weight is 772 g/mol. The maximum atomic E-state index is 2.70. The first-order chi connectivity index (χ1) is 24.3. The Morgan fingerprint density at radius 3 is 1.24 bits per heavy atom. The third-order valence-electron chi connectivity index (χ3n) is 10.9. The third kappa shape index (κ3) is 3.12. The van der Waals surface area contributed by atoms with Crippen molar-refractivity contribution in [3.8, 4) is 22.3 Å². The molecule has 0 bridgehead atoms. The molecule has 0 unspecified atom stereocenters. The van der Waals surface area contributed by atoms with Gasteiger partial charge in [0, 0.05) is 0 Å². The monoisotopic (exact) mass is 774 g/mol. The molecule has 4 nitrogen and oxygen atoms in total. The standard InChI is InChI=1S/C40H22B2N4S2Te/c1-3-13-25-23(11-1)35-36-24-12-2-4-14-26(24)44-30-18-10-22-34-38(30)46(28-16-6-8-20-32(28)48-34)42(44)40(36)49-39(35)41-43(25)29-17-9-21-33-37(29)45(41)27-15-5-7-19-31(27)47-33/h1-22H. The van der Waals surface area contributed by atoms with E-state index < -0.39 is 20.4 Å². The summed E-state index contributed by atoms with van der Waals surface area (Å²) in [6.45, 7) is 0.223. The first kappa shape index (κ1) is 26.5. The van der Waals surface area contributed by atoms with Gasteiger partial charge in [0.05, 0.1) is 0 Å². The Kier molecular flexibility index (Phi) is 4.99. The van der Waals surface area contributed by atoms with Crippen LogP contribution < -0.4 is 26.2 Å². The van der Waals surface area contributed by atoms with Crippen LogP contribution in [0.15, 0.2) is 153 Å². The molecular formula is C40H22B2N4S2Te. The van der Waals surface area contributed by atoms with Gasteiger partial charge in [-0.1, -0.05) is 0 Å². The van der Waals surface area contributed by atoms with Crippen LogP contribution in [0.25, 0.3) is 22.3 Å². The summed E-state index contributed by atoms with van der Waals surface area (Å²) < 4.78 is 3.26. The van der Waals surface area contributed by atoms with Crippen molar-refractivity contribution in [1.29, 1.82) is 0 Å². The molecule has 49 heavy (non-hydrogen) atoms. The SMILES string of the molecule is c1ccc2c(c1)Sc1cccc3c1N2B1c2[te]c4c(c2-c2ccccc2N13)-c1ccccc1N1B4N2c3ccccc3Sc3cccc1c32. The van der Waals surface area contributed by atoms with Gasteiger partial charge < -0.3 is 0 Å². The number of hydrogen-bond acceptors (Lipinski definition) is 6. The fraction of sp³-hybridized carbons (Fsp3) is 0. The molecule has 226 valence electrons. The van der Waals surface area contributed by atoms with E-state index in [2.05, 4.69) is 153 Å². The molecule has 6 aliphatic heterocycles. The summed E-state index contributed by atoms with van der Waals surface area (Å²) in [5, 5.41) is 0. The molecule has 7 aromatic rings. The topological polar surface area (TPSA) is 13.0 Å². The van der Waals surface area contributed by atoms with Crippen molar-refractivity contribution in [2.24, 2.45) is 0 Å². The summed E-state index contributed by atoms with van der Waals surface area (Å²) in [4.78, 5) is 16.1. The van der Waals surface area contributed by atoms with Crippen LogP contribution in [0.5, 0.6) is 0 Å². The predicted octanol–water partition coefficient (Wildman–Crippen LogP) is 9.00. The van der Waals surface area contributed by atoms with Crippen LogP contribution in [0.1, 0.15) is 0 Å². The van der Waals surface area contributed by atoms with E-state index in [0.29, 0.717) is 0 Å². The predicted molar refractivity (Wildman–Crippen MR) is 208 cm³/mol. The van der Waals surface area contributed by atoms with E-state index in [1.54, 1.807) is 6.96 Å². The van der Waals surface area contributed by atoms with Gasteiger partial charge in [0.25, 0.3) is 0 Å². The molecule has 9 heteroatoms. The molecule has 6 aliphatic rings. The Labute approximate surface area is 302 Å². The first-order valence-electron chi connectivity index (χ1n) is 16.7. The van der Waals surface area contributed by atoms with Crippen LogP contribution in [0.3, 0.4) is 0 Å². The quantitative estimate of drug-likeness (QED) is 0.142. The van der Waals surface area contributed by atoms with Crippen molar-refractivity contribution < 1.29 is 0 Å². The molecular weight excluding hydrogens is 750 g/mol. The summed E-state index contributed by atoms with van der Waals surface area (Å²) in [7, 11) is 0. The first-order valence-corrected chi connectivity index (χ1v) is 20.6. The van der Waals surface area contributed by atoms with Crippen molar-refractivity contribution in [3.05, 3.63) is 133 Å². The summed E-state index contributed by atoms with van der Waals surface area (Å²) in [5.41, 5.74) is 16.4. The summed E-state index contributed by atoms with van der Waals surface area (Å²) in [6.07, 6.45) is 0. The van der Waals surface area contributed by atoms with Crippen LogP contribution in [-0.4, -0.2) is 34.4 Å². The number of anilines is 8. The van der Waals surface area contributed by atoms with E-state index in [9.17, 15) is 0 Å². The Hall–Kier alpha value is -4.38. The van der Waals surface area contributed by atoms with Gasteiger partial charge in [0.2, 0.25) is 0 Å². The van der Waals surface area contributed by atoms with E-state index in [1.807, 2.05) is 23.5 Å². The molecule has 0 fully saturated rings. The molecule has 0 aliphatic carbocycles. The molecule has 7 heterocycles. The Bertz CT molecular complexity index is 2480. The van der Waals surface area contributed by atoms with Gasteiger partial charge >= 0.3 is 305 Å². The number of hydrogen-bond donors (Lipinski definition) is 0. The zero-order valence-electron chi connectivity index (χ0n) is 25.9. The second kappa shape index (κ2) is 9.24. The van der Waals surface area contributed by atoms with Crippen molar-refractivity contribution >= 4 is 110 Å². The van der Waals surface area contributed by atoms with Crippen LogP contribution in [0, 0.1) is 0 Å². The molecule has 0 saturated heterocycles. The molecule has 6 aromatic carbocycles. The average Bonchev–Trinajstić information content (AvgIpc) is 3.83. The molecule has 0 radical (unpaired) electrons. The van der Waals surface area contributed by atoms with Crippen molar-refractivity contribution in [1.82, 2.24) is 0 Å². The summed E-state index contributed by atoms with van der Waals surface area (Å²) >= 11 is 3.01. The van der Waals surface area contributed by atoms with Gasteiger partial charge in [-0.25, -0.2) is 0 Å².